The molecule has 0 aliphatic rings. The molecule has 1 aromatic rings. The van der Waals surface area contributed by atoms with Gasteiger partial charge in [-0.2, -0.15) is 13.2 Å². The van der Waals surface area contributed by atoms with Crippen LogP contribution in [0.1, 0.15) is 25.6 Å². The molecule has 16 heavy (non-hydrogen) atoms. The van der Waals surface area contributed by atoms with E-state index in [0.717, 1.165) is 0 Å². The van der Waals surface area contributed by atoms with Gasteiger partial charge in [0, 0.05) is 31.8 Å². The van der Waals surface area contributed by atoms with Crippen molar-refractivity contribution in [3.63, 3.8) is 0 Å². The van der Waals surface area contributed by atoms with Crippen LogP contribution >= 0.6 is 0 Å². The van der Waals surface area contributed by atoms with Gasteiger partial charge in [-0.15, -0.1) is 0 Å². The van der Waals surface area contributed by atoms with E-state index in [0.29, 0.717) is 12.4 Å². The molecular formula is C10H15F3N2O. The van der Waals surface area contributed by atoms with E-state index >= 15 is 0 Å². The smallest absolute Gasteiger partial charge is 0.389 e. The molecule has 1 atom stereocenters. The Bertz CT molecular complexity index is 322. The topological polar surface area (TPSA) is 38.0 Å². The van der Waals surface area contributed by atoms with E-state index in [1.54, 1.807) is 17.0 Å². The van der Waals surface area contributed by atoms with Crippen molar-refractivity contribution in [2.75, 3.05) is 0 Å². The summed E-state index contributed by atoms with van der Waals surface area (Å²) < 4.78 is 37.5. The van der Waals surface area contributed by atoms with E-state index in [4.69, 9.17) is 0 Å². The SMILES string of the molecule is CCn1ccnc1CC(O)CCC(F)(F)F. The van der Waals surface area contributed by atoms with Crippen LogP contribution < -0.4 is 0 Å². The predicted molar refractivity (Wildman–Crippen MR) is 52.9 cm³/mol. The molecular weight excluding hydrogens is 221 g/mol. The van der Waals surface area contributed by atoms with Crippen molar-refractivity contribution in [1.82, 2.24) is 9.55 Å². The number of alkyl halides is 3. The van der Waals surface area contributed by atoms with Crippen molar-refractivity contribution in [2.45, 2.75) is 45.0 Å². The Morgan fingerprint density at radius 3 is 2.75 bits per heavy atom. The fourth-order valence-corrected chi connectivity index (χ4v) is 1.46. The van der Waals surface area contributed by atoms with Crippen molar-refractivity contribution in [2.24, 2.45) is 0 Å². The molecule has 0 aliphatic heterocycles. The Labute approximate surface area is 91.9 Å². The number of halogens is 3. The zero-order valence-electron chi connectivity index (χ0n) is 9.04. The third-order valence-corrected chi connectivity index (χ3v) is 2.32. The Morgan fingerprint density at radius 2 is 2.19 bits per heavy atom. The van der Waals surface area contributed by atoms with Gasteiger partial charge in [0.1, 0.15) is 5.82 Å². The van der Waals surface area contributed by atoms with Gasteiger partial charge in [-0.05, 0) is 13.3 Å². The zero-order valence-corrected chi connectivity index (χ0v) is 9.04. The molecule has 0 saturated heterocycles. The molecule has 0 aliphatic carbocycles. The molecule has 1 heterocycles. The van der Waals surface area contributed by atoms with E-state index in [9.17, 15) is 18.3 Å². The van der Waals surface area contributed by atoms with Crippen LogP contribution in [0.4, 0.5) is 13.2 Å². The lowest BCUT2D eigenvalue weighted by atomic mass is 10.1. The summed E-state index contributed by atoms with van der Waals surface area (Å²) in [5, 5.41) is 9.45. The molecule has 0 saturated carbocycles. The number of aliphatic hydroxyl groups excluding tert-OH is 1. The molecule has 92 valence electrons. The summed E-state index contributed by atoms with van der Waals surface area (Å²) in [5.74, 6) is 0.622. The van der Waals surface area contributed by atoms with Crippen LogP contribution in [0, 0.1) is 0 Å². The van der Waals surface area contributed by atoms with Gasteiger partial charge in [0.2, 0.25) is 0 Å². The van der Waals surface area contributed by atoms with Gasteiger partial charge in [-0.1, -0.05) is 0 Å². The summed E-state index contributed by atoms with van der Waals surface area (Å²) >= 11 is 0. The first-order valence-electron chi connectivity index (χ1n) is 5.17. The van der Waals surface area contributed by atoms with Crippen molar-refractivity contribution < 1.29 is 18.3 Å². The molecule has 0 amide bonds. The average Bonchev–Trinajstić information content (AvgIpc) is 2.61. The number of nitrogens with zero attached hydrogens (tertiary/aromatic N) is 2. The molecule has 0 fully saturated rings. The minimum Gasteiger partial charge on any atom is -0.393 e. The van der Waals surface area contributed by atoms with Gasteiger partial charge < -0.3 is 9.67 Å². The Balaban J connectivity index is 2.42. The lowest BCUT2D eigenvalue weighted by Crippen LogP contribution is -2.18. The summed E-state index contributed by atoms with van der Waals surface area (Å²) in [6.07, 6.45) is -2.95. The number of hydrogen-bond donors (Lipinski definition) is 1. The van der Waals surface area contributed by atoms with Crippen LogP contribution in [0.3, 0.4) is 0 Å². The summed E-state index contributed by atoms with van der Waals surface area (Å²) in [4.78, 5) is 3.99. The second-order valence-corrected chi connectivity index (χ2v) is 3.64. The molecule has 0 bridgehead atoms. The van der Waals surface area contributed by atoms with Crippen molar-refractivity contribution in [1.29, 1.82) is 0 Å². The molecule has 1 unspecified atom stereocenters. The van der Waals surface area contributed by atoms with E-state index in [1.165, 1.54) is 0 Å². The van der Waals surface area contributed by atoms with Gasteiger partial charge in [-0.3, -0.25) is 0 Å². The molecule has 3 nitrogen and oxygen atoms in total. The summed E-state index contributed by atoms with van der Waals surface area (Å²) in [7, 11) is 0. The Kier molecular flexibility index (Phi) is 4.35. The number of aliphatic hydroxyl groups is 1. The number of aromatic nitrogens is 2. The molecule has 1 rings (SSSR count). The first-order chi connectivity index (χ1) is 7.42. The highest BCUT2D eigenvalue weighted by Gasteiger charge is 2.28. The predicted octanol–water partition coefficient (Wildman–Crippen LogP) is 2.15. The maximum atomic E-state index is 11.9. The second-order valence-electron chi connectivity index (χ2n) is 3.64. The molecule has 6 heteroatoms. The lowest BCUT2D eigenvalue weighted by molar-refractivity contribution is -0.139. The van der Waals surface area contributed by atoms with Crippen molar-refractivity contribution in [3.05, 3.63) is 18.2 Å². The van der Waals surface area contributed by atoms with Crippen LogP contribution in [-0.4, -0.2) is 26.9 Å². The van der Waals surface area contributed by atoms with Gasteiger partial charge in [0.25, 0.3) is 0 Å². The fraction of sp³-hybridized carbons (Fsp3) is 0.700. The van der Waals surface area contributed by atoms with E-state index in [1.807, 2.05) is 6.92 Å². The van der Waals surface area contributed by atoms with Crippen LogP contribution in [0.2, 0.25) is 0 Å². The first-order valence-corrected chi connectivity index (χ1v) is 5.17. The number of rotatable bonds is 5. The summed E-state index contributed by atoms with van der Waals surface area (Å²) in [5.41, 5.74) is 0. The van der Waals surface area contributed by atoms with Gasteiger partial charge in [0.15, 0.2) is 0 Å². The second kappa shape index (κ2) is 5.34. The number of imidazole rings is 1. The van der Waals surface area contributed by atoms with Crippen LogP contribution in [-0.2, 0) is 13.0 Å². The average molecular weight is 236 g/mol. The third kappa shape index (κ3) is 4.22. The highest BCUT2D eigenvalue weighted by molar-refractivity contribution is 4.94. The number of hydrogen-bond acceptors (Lipinski definition) is 2. The highest BCUT2D eigenvalue weighted by Crippen LogP contribution is 2.22. The summed E-state index contributed by atoms with van der Waals surface area (Å²) in [6, 6.07) is 0. The zero-order chi connectivity index (χ0) is 12.2. The van der Waals surface area contributed by atoms with Crippen LogP contribution in [0.5, 0.6) is 0 Å². The Hall–Kier alpha value is -1.04. The molecule has 1 N–H and O–H groups in total. The molecule has 0 spiro atoms. The van der Waals surface area contributed by atoms with E-state index in [2.05, 4.69) is 4.98 Å². The van der Waals surface area contributed by atoms with Crippen LogP contribution in [0.25, 0.3) is 0 Å². The largest absolute Gasteiger partial charge is 0.393 e. The monoisotopic (exact) mass is 236 g/mol. The van der Waals surface area contributed by atoms with E-state index < -0.39 is 18.7 Å². The highest BCUT2D eigenvalue weighted by atomic mass is 19.4. The quantitative estimate of drug-likeness (QED) is 0.850. The molecule has 0 aromatic carbocycles. The molecule has 0 radical (unpaired) electrons. The maximum absolute atomic E-state index is 11.9. The third-order valence-electron chi connectivity index (χ3n) is 2.32. The van der Waals surface area contributed by atoms with Crippen molar-refractivity contribution >= 4 is 0 Å². The standard InChI is InChI=1S/C10H15F3N2O/c1-2-15-6-5-14-9(15)7-8(16)3-4-10(11,12)13/h5-6,8,16H,2-4,7H2,1H3. The Morgan fingerprint density at radius 1 is 1.50 bits per heavy atom. The van der Waals surface area contributed by atoms with Gasteiger partial charge in [0.05, 0.1) is 6.10 Å². The fourth-order valence-electron chi connectivity index (χ4n) is 1.46. The van der Waals surface area contributed by atoms with Crippen LogP contribution in [0.15, 0.2) is 12.4 Å². The maximum Gasteiger partial charge on any atom is 0.389 e. The normalized spacial score (nSPS) is 14.1. The minimum atomic E-state index is -4.21. The van der Waals surface area contributed by atoms with Crippen molar-refractivity contribution in [3.8, 4) is 0 Å². The van der Waals surface area contributed by atoms with Gasteiger partial charge >= 0.3 is 6.18 Å². The molecule has 1 aromatic heterocycles. The minimum absolute atomic E-state index is 0.164. The lowest BCUT2D eigenvalue weighted by Gasteiger charge is -2.12. The van der Waals surface area contributed by atoms with E-state index in [-0.39, 0.29) is 12.8 Å². The number of aryl methyl sites for hydroxylation is 1. The first kappa shape index (κ1) is 13.0. The van der Waals surface area contributed by atoms with Gasteiger partial charge in [-0.25, -0.2) is 4.98 Å². The summed E-state index contributed by atoms with van der Waals surface area (Å²) in [6.45, 7) is 2.61.